The van der Waals surface area contributed by atoms with Crippen LogP contribution in [0.1, 0.15) is 0 Å². The molecule has 0 spiro atoms. The third kappa shape index (κ3) is 3.65. The first-order valence-corrected chi connectivity index (χ1v) is 9.63. The summed E-state index contributed by atoms with van der Waals surface area (Å²) in [6, 6.07) is 1.62. The number of hydrogen-bond donors (Lipinski definition) is 1. The van der Waals surface area contributed by atoms with Crippen LogP contribution in [-0.4, -0.2) is 90.2 Å². The Labute approximate surface area is 141 Å². The maximum absolute atomic E-state index is 11.8. The summed E-state index contributed by atoms with van der Waals surface area (Å²) >= 11 is 0. The summed E-state index contributed by atoms with van der Waals surface area (Å²) in [4.78, 5) is 23.9. The zero-order chi connectivity index (χ0) is 17.3. The molecule has 0 unspecified atom stereocenters. The van der Waals surface area contributed by atoms with E-state index in [1.807, 2.05) is 4.90 Å². The highest BCUT2D eigenvalue weighted by Gasteiger charge is 2.38. The highest BCUT2D eigenvalue weighted by molar-refractivity contribution is 7.88. The van der Waals surface area contributed by atoms with Gasteiger partial charge in [0.2, 0.25) is 16.0 Å². The van der Waals surface area contributed by atoms with E-state index in [1.165, 1.54) is 10.6 Å². The Kier molecular flexibility index (Phi) is 4.70. The minimum absolute atomic E-state index is 0.0818. The fourth-order valence-electron chi connectivity index (χ4n) is 3.29. The van der Waals surface area contributed by atoms with Crippen LogP contribution in [0.25, 0.3) is 0 Å². The van der Waals surface area contributed by atoms with Crippen LogP contribution in [0.3, 0.4) is 0 Å². The summed E-state index contributed by atoms with van der Waals surface area (Å²) in [5.41, 5.74) is 0. The van der Waals surface area contributed by atoms with Crippen LogP contribution in [0, 0.1) is 5.92 Å². The lowest BCUT2D eigenvalue weighted by Crippen LogP contribution is -2.57. The van der Waals surface area contributed by atoms with Gasteiger partial charge in [-0.05, 0) is 6.07 Å². The van der Waals surface area contributed by atoms with Crippen LogP contribution < -0.4 is 4.90 Å². The van der Waals surface area contributed by atoms with Crippen molar-refractivity contribution in [2.24, 2.45) is 5.92 Å². The normalized spacial score (nSPS) is 26.6. The third-order valence-corrected chi connectivity index (χ3v) is 5.82. The van der Waals surface area contributed by atoms with Crippen molar-refractivity contribution in [1.82, 2.24) is 19.2 Å². The molecule has 9 nitrogen and oxygen atoms in total. The van der Waals surface area contributed by atoms with Crippen molar-refractivity contribution in [3.63, 3.8) is 0 Å². The molecule has 132 valence electrons. The SMILES string of the molecule is CS(=O)(=O)N1CCN2C[C@@H](C(=O)O)CN(c3ncccn3)C[C@H]2C1. The monoisotopic (exact) mass is 355 g/mol. The van der Waals surface area contributed by atoms with Crippen LogP contribution in [0.5, 0.6) is 0 Å². The Morgan fingerprint density at radius 2 is 1.88 bits per heavy atom. The molecule has 2 aliphatic heterocycles. The lowest BCUT2D eigenvalue weighted by molar-refractivity contribution is -0.142. The van der Waals surface area contributed by atoms with E-state index in [2.05, 4.69) is 14.9 Å². The van der Waals surface area contributed by atoms with Crippen molar-refractivity contribution >= 4 is 21.9 Å². The van der Waals surface area contributed by atoms with Crippen molar-refractivity contribution in [3.8, 4) is 0 Å². The predicted octanol–water partition coefficient (Wildman–Crippen LogP) is -1.06. The predicted molar refractivity (Wildman–Crippen MR) is 87.1 cm³/mol. The molecule has 10 heteroatoms. The second-order valence-corrected chi connectivity index (χ2v) is 8.24. The quantitative estimate of drug-likeness (QED) is 0.731. The molecule has 3 heterocycles. The number of carboxylic acids is 1. The lowest BCUT2D eigenvalue weighted by Gasteiger charge is -2.40. The number of fused-ring (bicyclic) bond motifs is 1. The molecule has 0 radical (unpaired) electrons. The van der Waals surface area contributed by atoms with E-state index in [-0.39, 0.29) is 6.04 Å². The van der Waals surface area contributed by atoms with Gasteiger partial charge in [0.15, 0.2) is 0 Å². The maximum atomic E-state index is 11.8. The molecular weight excluding hydrogens is 334 g/mol. The number of sulfonamides is 1. The van der Waals surface area contributed by atoms with Crippen molar-refractivity contribution in [1.29, 1.82) is 0 Å². The fourth-order valence-corrected chi connectivity index (χ4v) is 4.15. The van der Waals surface area contributed by atoms with Gasteiger partial charge >= 0.3 is 5.97 Å². The van der Waals surface area contributed by atoms with Gasteiger partial charge in [0.05, 0.1) is 12.2 Å². The van der Waals surface area contributed by atoms with Crippen LogP contribution >= 0.6 is 0 Å². The number of anilines is 1. The van der Waals surface area contributed by atoms with Gasteiger partial charge in [-0.15, -0.1) is 0 Å². The van der Waals surface area contributed by atoms with Gasteiger partial charge in [0, 0.05) is 57.7 Å². The number of hydrogen-bond acceptors (Lipinski definition) is 7. The molecule has 2 saturated heterocycles. The van der Waals surface area contributed by atoms with Crippen molar-refractivity contribution < 1.29 is 18.3 Å². The molecule has 1 aromatic heterocycles. The summed E-state index contributed by atoms with van der Waals surface area (Å²) < 4.78 is 25.1. The number of rotatable bonds is 3. The number of carboxylic acid groups (broad SMARTS) is 1. The smallest absolute Gasteiger partial charge is 0.309 e. The summed E-state index contributed by atoms with van der Waals surface area (Å²) in [6.45, 7) is 2.50. The second kappa shape index (κ2) is 6.61. The third-order valence-electron chi connectivity index (χ3n) is 4.55. The minimum atomic E-state index is -3.26. The van der Waals surface area contributed by atoms with E-state index in [4.69, 9.17) is 0 Å². The van der Waals surface area contributed by atoms with E-state index in [0.717, 1.165) is 0 Å². The zero-order valence-corrected chi connectivity index (χ0v) is 14.3. The van der Waals surface area contributed by atoms with E-state index in [0.29, 0.717) is 45.2 Å². The summed E-state index contributed by atoms with van der Waals surface area (Å²) in [5.74, 6) is -0.951. The highest BCUT2D eigenvalue weighted by Crippen LogP contribution is 2.22. The van der Waals surface area contributed by atoms with Gasteiger partial charge in [0.25, 0.3) is 0 Å². The van der Waals surface area contributed by atoms with Gasteiger partial charge in [-0.2, -0.15) is 4.31 Å². The second-order valence-electron chi connectivity index (χ2n) is 6.26. The van der Waals surface area contributed by atoms with E-state index < -0.39 is 21.9 Å². The van der Waals surface area contributed by atoms with Crippen molar-refractivity contribution in [2.75, 3.05) is 50.4 Å². The molecular formula is C14H21N5O4S. The molecule has 2 aliphatic rings. The average Bonchev–Trinajstić information content (AvgIpc) is 2.73. The minimum Gasteiger partial charge on any atom is -0.481 e. The van der Waals surface area contributed by atoms with Crippen LogP contribution in [0.4, 0.5) is 5.95 Å². The Morgan fingerprint density at radius 1 is 1.17 bits per heavy atom. The standard InChI is InChI=1S/C14H21N5O4S/c1-24(22,23)19-6-5-17-7-11(13(20)21)8-18(9-12(17)10-19)14-15-3-2-4-16-14/h2-4,11-12H,5-10H2,1H3,(H,20,21)/t11-,12+/m1/s1. The first-order chi connectivity index (χ1) is 11.3. The highest BCUT2D eigenvalue weighted by atomic mass is 32.2. The summed E-state index contributed by atoms with van der Waals surface area (Å²) in [6.07, 6.45) is 4.44. The number of piperazine rings is 1. The Balaban J connectivity index is 1.86. The zero-order valence-electron chi connectivity index (χ0n) is 13.4. The number of nitrogens with zero attached hydrogens (tertiary/aromatic N) is 5. The van der Waals surface area contributed by atoms with E-state index in [1.54, 1.807) is 18.5 Å². The average molecular weight is 355 g/mol. The van der Waals surface area contributed by atoms with Gasteiger partial charge in [0.1, 0.15) is 0 Å². The largest absolute Gasteiger partial charge is 0.481 e. The first-order valence-electron chi connectivity index (χ1n) is 7.78. The first kappa shape index (κ1) is 17.1. The molecule has 3 rings (SSSR count). The van der Waals surface area contributed by atoms with Crippen molar-refractivity contribution in [2.45, 2.75) is 6.04 Å². The van der Waals surface area contributed by atoms with Gasteiger partial charge in [-0.25, -0.2) is 18.4 Å². The van der Waals surface area contributed by atoms with Gasteiger partial charge < -0.3 is 10.0 Å². The molecule has 0 saturated carbocycles. The Morgan fingerprint density at radius 3 is 2.50 bits per heavy atom. The van der Waals surface area contributed by atoms with Gasteiger partial charge in [-0.3, -0.25) is 9.69 Å². The molecule has 2 atom stereocenters. The molecule has 24 heavy (non-hydrogen) atoms. The number of carbonyl (C=O) groups is 1. The number of aliphatic carboxylic acids is 1. The molecule has 0 amide bonds. The van der Waals surface area contributed by atoms with Crippen LogP contribution in [0.15, 0.2) is 18.5 Å². The molecule has 1 N–H and O–H groups in total. The van der Waals surface area contributed by atoms with Crippen LogP contribution in [0.2, 0.25) is 0 Å². The molecule has 0 aliphatic carbocycles. The van der Waals surface area contributed by atoms with E-state index in [9.17, 15) is 18.3 Å². The van der Waals surface area contributed by atoms with Crippen LogP contribution in [-0.2, 0) is 14.8 Å². The maximum Gasteiger partial charge on any atom is 0.309 e. The summed E-state index contributed by atoms with van der Waals surface area (Å²) in [5, 5.41) is 9.50. The molecule has 0 aromatic carbocycles. The molecule has 2 fully saturated rings. The lowest BCUT2D eigenvalue weighted by atomic mass is 10.1. The molecule has 0 bridgehead atoms. The Hall–Kier alpha value is -1.78. The summed E-state index contributed by atoms with van der Waals surface area (Å²) in [7, 11) is -3.26. The Bertz CT molecular complexity index is 698. The van der Waals surface area contributed by atoms with Gasteiger partial charge in [-0.1, -0.05) is 0 Å². The number of aromatic nitrogens is 2. The van der Waals surface area contributed by atoms with Crippen molar-refractivity contribution in [3.05, 3.63) is 18.5 Å². The van der Waals surface area contributed by atoms with E-state index >= 15 is 0 Å². The topological polar surface area (TPSA) is 107 Å². The molecule has 1 aromatic rings. The fraction of sp³-hybridized carbons (Fsp3) is 0.643.